The number of carboxylic acids is 1. The minimum atomic E-state index is -1.04. The van der Waals surface area contributed by atoms with Crippen LogP contribution in [0.3, 0.4) is 0 Å². The van der Waals surface area contributed by atoms with Crippen molar-refractivity contribution in [2.24, 2.45) is 0 Å². The fourth-order valence-electron chi connectivity index (χ4n) is 2.60. The molecule has 0 unspecified atom stereocenters. The van der Waals surface area contributed by atoms with E-state index in [2.05, 4.69) is 0 Å². The van der Waals surface area contributed by atoms with Crippen LogP contribution in [0.1, 0.15) is 35.7 Å². The smallest absolute Gasteiger partial charge is 0.326 e. The van der Waals surface area contributed by atoms with Crippen molar-refractivity contribution in [3.05, 3.63) is 39.4 Å². The van der Waals surface area contributed by atoms with Crippen LogP contribution < -0.4 is 0 Å². The van der Waals surface area contributed by atoms with Gasteiger partial charge in [-0.3, -0.25) is 14.9 Å². The van der Waals surface area contributed by atoms with Crippen molar-refractivity contribution in [2.75, 3.05) is 6.54 Å². The third-order valence-electron chi connectivity index (χ3n) is 3.71. The summed E-state index contributed by atoms with van der Waals surface area (Å²) in [5.41, 5.74) is 0.606. The van der Waals surface area contributed by atoms with Gasteiger partial charge in [0.25, 0.3) is 11.6 Å². The average Bonchev–Trinajstić information content (AvgIpc) is 2.95. The molecule has 21 heavy (non-hydrogen) atoms. The molecule has 0 radical (unpaired) electrons. The van der Waals surface area contributed by atoms with E-state index in [-0.39, 0.29) is 11.3 Å². The van der Waals surface area contributed by atoms with E-state index >= 15 is 0 Å². The summed E-state index contributed by atoms with van der Waals surface area (Å²) < 4.78 is 0. The molecule has 1 aromatic rings. The molecule has 1 saturated heterocycles. The quantitative estimate of drug-likeness (QED) is 0.674. The number of aryl methyl sites for hydroxylation is 1. The molecule has 0 saturated carbocycles. The lowest BCUT2D eigenvalue weighted by Crippen LogP contribution is -2.40. The molecule has 1 aromatic carbocycles. The van der Waals surface area contributed by atoms with Crippen molar-refractivity contribution in [2.45, 2.75) is 32.2 Å². The van der Waals surface area contributed by atoms with Crippen LogP contribution in [-0.4, -0.2) is 39.4 Å². The van der Waals surface area contributed by atoms with Crippen LogP contribution in [0.4, 0.5) is 5.69 Å². The molecule has 1 N–H and O–H groups in total. The summed E-state index contributed by atoms with van der Waals surface area (Å²) in [4.78, 5) is 35.3. The second-order valence-corrected chi connectivity index (χ2v) is 4.95. The molecule has 1 atom stereocenters. The summed E-state index contributed by atoms with van der Waals surface area (Å²) >= 11 is 0. The highest BCUT2D eigenvalue weighted by atomic mass is 16.6. The molecule has 2 rings (SSSR count). The van der Waals surface area contributed by atoms with Crippen LogP contribution in [-0.2, 0) is 11.2 Å². The Kier molecular flexibility index (Phi) is 4.21. The fourth-order valence-corrected chi connectivity index (χ4v) is 2.60. The van der Waals surface area contributed by atoms with Crippen molar-refractivity contribution < 1.29 is 19.6 Å². The lowest BCUT2D eigenvalue weighted by molar-refractivity contribution is -0.385. The molecule has 0 aromatic heterocycles. The number of nitro groups is 1. The molecule has 7 heteroatoms. The van der Waals surface area contributed by atoms with Gasteiger partial charge >= 0.3 is 5.97 Å². The van der Waals surface area contributed by atoms with Crippen LogP contribution >= 0.6 is 0 Å². The van der Waals surface area contributed by atoms with Crippen molar-refractivity contribution in [3.8, 4) is 0 Å². The lowest BCUT2D eigenvalue weighted by Gasteiger charge is -2.21. The second-order valence-electron chi connectivity index (χ2n) is 4.95. The van der Waals surface area contributed by atoms with E-state index < -0.39 is 22.8 Å². The van der Waals surface area contributed by atoms with Crippen molar-refractivity contribution in [1.82, 2.24) is 4.90 Å². The molecule has 0 spiro atoms. The Morgan fingerprint density at radius 1 is 1.48 bits per heavy atom. The number of amides is 1. The Morgan fingerprint density at radius 2 is 2.19 bits per heavy atom. The standard InChI is InChI=1S/C14H16N2O5/c1-2-9-5-6-10(8-12(9)16(20)21)13(17)15-7-3-4-11(15)14(18)19/h5-6,8,11H,2-4,7H2,1H3,(H,18,19)/t11-/m1/s1. The topological polar surface area (TPSA) is 101 Å². The molecule has 1 aliphatic heterocycles. The number of hydrogen-bond acceptors (Lipinski definition) is 4. The third kappa shape index (κ3) is 2.86. The lowest BCUT2D eigenvalue weighted by atomic mass is 10.1. The summed E-state index contributed by atoms with van der Waals surface area (Å²) in [5, 5.41) is 20.1. The van der Waals surface area contributed by atoms with Gasteiger partial charge in [0.2, 0.25) is 0 Å². The number of benzene rings is 1. The van der Waals surface area contributed by atoms with Gasteiger partial charge in [-0.1, -0.05) is 13.0 Å². The summed E-state index contributed by atoms with van der Waals surface area (Å²) in [6.07, 6.45) is 1.53. The highest BCUT2D eigenvalue weighted by molar-refractivity contribution is 5.97. The Bertz CT molecular complexity index is 599. The van der Waals surface area contributed by atoms with Crippen molar-refractivity contribution >= 4 is 17.6 Å². The molecular formula is C14H16N2O5. The number of likely N-dealkylation sites (tertiary alicyclic amines) is 1. The Balaban J connectivity index is 2.33. The van der Waals surface area contributed by atoms with E-state index in [9.17, 15) is 19.7 Å². The number of carbonyl (C=O) groups excluding carboxylic acids is 1. The van der Waals surface area contributed by atoms with Crippen LogP contribution in [0.15, 0.2) is 18.2 Å². The van der Waals surface area contributed by atoms with Gasteiger partial charge < -0.3 is 10.0 Å². The summed E-state index contributed by atoms with van der Waals surface area (Å²) in [5.74, 6) is -1.51. The predicted molar refractivity (Wildman–Crippen MR) is 74.2 cm³/mol. The van der Waals surface area contributed by atoms with Gasteiger partial charge in [0.05, 0.1) is 4.92 Å². The average molecular weight is 292 g/mol. The predicted octanol–water partition coefficient (Wildman–Crippen LogP) is 1.85. The third-order valence-corrected chi connectivity index (χ3v) is 3.71. The van der Waals surface area contributed by atoms with Gasteiger partial charge in [-0.25, -0.2) is 4.79 Å². The zero-order valence-corrected chi connectivity index (χ0v) is 11.6. The highest BCUT2D eigenvalue weighted by Gasteiger charge is 2.34. The fraction of sp³-hybridized carbons (Fsp3) is 0.429. The first-order valence-electron chi connectivity index (χ1n) is 6.76. The van der Waals surface area contributed by atoms with Gasteiger partial charge in [0, 0.05) is 23.7 Å². The van der Waals surface area contributed by atoms with Crippen LogP contribution in [0, 0.1) is 10.1 Å². The maximum Gasteiger partial charge on any atom is 0.326 e. The number of aliphatic carboxylic acids is 1. The van der Waals surface area contributed by atoms with Crippen molar-refractivity contribution in [3.63, 3.8) is 0 Å². The van der Waals surface area contributed by atoms with E-state index in [1.807, 2.05) is 0 Å². The minimum Gasteiger partial charge on any atom is -0.480 e. The summed E-state index contributed by atoms with van der Waals surface area (Å²) in [7, 11) is 0. The molecule has 1 heterocycles. The number of rotatable bonds is 4. The number of nitro benzene ring substituents is 1. The maximum absolute atomic E-state index is 12.4. The van der Waals surface area contributed by atoms with Crippen LogP contribution in [0.2, 0.25) is 0 Å². The zero-order chi connectivity index (χ0) is 15.6. The normalized spacial score (nSPS) is 17.8. The molecule has 0 aliphatic carbocycles. The monoisotopic (exact) mass is 292 g/mol. The largest absolute Gasteiger partial charge is 0.480 e. The molecule has 1 amide bonds. The van der Waals surface area contributed by atoms with Crippen LogP contribution in [0.25, 0.3) is 0 Å². The molecule has 7 nitrogen and oxygen atoms in total. The molecule has 1 fully saturated rings. The first kappa shape index (κ1) is 15.0. The minimum absolute atomic E-state index is 0.102. The molecular weight excluding hydrogens is 276 g/mol. The van der Waals surface area contributed by atoms with E-state index in [4.69, 9.17) is 5.11 Å². The summed E-state index contributed by atoms with van der Waals surface area (Å²) in [6.45, 7) is 2.16. The zero-order valence-electron chi connectivity index (χ0n) is 11.6. The van der Waals surface area contributed by atoms with Gasteiger partial charge in [0.15, 0.2) is 0 Å². The number of hydrogen-bond donors (Lipinski definition) is 1. The second kappa shape index (κ2) is 5.90. The van der Waals surface area contributed by atoms with Gasteiger partial charge in [-0.2, -0.15) is 0 Å². The molecule has 1 aliphatic rings. The Hall–Kier alpha value is -2.44. The van der Waals surface area contributed by atoms with Gasteiger partial charge in [-0.05, 0) is 25.3 Å². The maximum atomic E-state index is 12.4. The van der Waals surface area contributed by atoms with Gasteiger partial charge in [-0.15, -0.1) is 0 Å². The van der Waals surface area contributed by atoms with Crippen LogP contribution in [0.5, 0.6) is 0 Å². The molecule has 112 valence electrons. The van der Waals surface area contributed by atoms with E-state index in [0.29, 0.717) is 31.4 Å². The Morgan fingerprint density at radius 3 is 2.76 bits per heavy atom. The first-order valence-corrected chi connectivity index (χ1v) is 6.76. The summed E-state index contributed by atoms with van der Waals surface area (Å²) in [6, 6.07) is 3.46. The van der Waals surface area contributed by atoms with Crippen molar-refractivity contribution in [1.29, 1.82) is 0 Å². The number of carbonyl (C=O) groups is 2. The number of carboxylic acid groups (broad SMARTS) is 1. The van der Waals surface area contributed by atoms with E-state index in [1.54, 1.807) is 13.0 Å². The number of nitrogens with zero attached hydrogens (tertiary/aromatic N) is 2. The van der Waals surface area contributed by atoms with E-state index in [0.717, 1.165) is 0 Å². The first-order chi connectivity index (χ1) is 9.95. The van der Waals surface area contributed by atoms with E-state index in [1.165, 1.54) is 17.0 Å². The Labute approximate surface area is 121 Å². The SMILES string of the molecule is CCc1ccc(C(=O)N2CCC[C@@H]2C(=O)O)cc1[N+](=O)[O-]. The highest BCUT2D eigenvalue weighted by Crippen LogP contribution is 2.25. The molecule has 0 bridgehead atoms. The van der Waals surface area contributed by atoms with Gasteiger partial charge in [0.1, 0.15) is 6.04 Å².